The highest BCUT2D eigenvalue weighted by Gasteiger charge is 2.41. The summed E-state index contributed by atoms with van der Waals surface area (Å²) in [7, 11) is 0. The standard InChI is InChI=1S/C38H44Br2N2O5S/c1-7-45-35(43)38(5,6)23-30-34(48-37(2,3)4)28-22-27(16-17-29(28)41-30)47-33(20-24-12-14-26(40)15-13-24)32-21-25-10-8-9-11-31(25)42(32)36(44)46-19-18-39/h8-17,22,32-33,41H,7,18-21,23H2,1-6H3. The van der Waals surface area contributed by atoms with Crippen LogP contribution < -0.4 is 9.64 Å². The smallest absolute Gasteiger partial charge is 0.414 e. The molecule has 0 saturated carbocycles. The number of anilines is 1. The lowest BCUT2D eigenvalue weighted by molar-refractivity contribution is -0.153. The van der Waals surface area contributed by atoms with E-state index in [0.29, 0.717) is 36.9 Å². The zero-order chi connectivity index (χ0) is 34.6. The molecule has 0 spiro atoms. The molecule has 3 aromatic carbocycles. The molecule has 1 aliphatic heterocycles. The first-order chi connectivity index (χ1) is 22.8. The minimum atomic E-state index is -0.705. The molecule has 48 heavy (non-hydrogen) atoms. The average molecular weight is 801 g/mol. The molecular weight excluding hydrogens is 756 g/mol. The predicted octanol–water partition coefficient (Wildman–Crippen LogP) is 9.91. The number of para-hydroxylation sites is 1. The molecule has 0 bridgehead atoms. The Labute approximate surface area is 304 Å². The maximum Gasteiger partial charge on any atom is 0.414 e. The van der Waals surface area contributed by atoms with Gasteiger partial charge in [0, 0.05) is 48.9 Å². The Hall–Kier alpha value is -2.95. The number of halogens is 2. The molecule has 7 nitrogen and oxygen atoms in total. The molecule has 2 atom stereocenters. The zero-order valence-corrected chi connectivity index (χ0v) is 32.4. The monoisotopic (exact) mass is 798 g/mol. The summed E-state index contributed by atoms with van der Waals surface area (Å²) in [5.74, 6) is 0.493. The van der Waals surface area contributed by atoms with Crippen molar-refractivity contribution in [2.24, 2.45) is 5.41 Å². The number of ether oxygens (including phenoxy) is 3. The van der Waals surface area contributed by atoms with Crippen molar-refractivity contribution in [3.8, 4) is 5.75 Å². The molecule has 2 heterocycles. The number of carbonyl (C=O) groups is 2. The largest absolute Gasteiger partial charge is 0.488 e. The Morgan fingerprint density at radius 1 is 1.02 bits per heavy atom. The molecular formula is C38H44Br2N2O5S. The Morgan fingerprint density at radius 3 is 2.44 bits per heavy atom. The van der Waals surface area contributed by atoms with E-state index < -0.39 is 5.41 Å². The van der Waals surface area contributed by atoms with Crippen molar-refractivity contribution in [1.29, 1.82) is 0 Å². The highest BCUT2D eigenvalue weighted by molar-refractivity contribution is 9.10. The number of fused-ring (bicyclic) bond motifs is 2. The second kappa shape index (κ2) is 15.3. The van der Waals surface area contributed by atoms with Gasteiger partial charge in [0.15, 0.2) is 0 Å². The summed E-state index contributed by atoms with van der Waals surface area (Å²) in [5.41, 5.74) is 4.30. The fourth-order valence-electron chi connectivity index (χ4n) is 6.09. The summed E-state index contributed by atoms with van der Waals surface area (Å²) in [6, 6.07) is 22.0. The maximum atomic E-state index is 13.6. The van der Waals surface area contributed by atoms with E-state index in [2.05, 4.69) is 81.9 Å². The summed E-state index contributed by atoms with van der Waals surface area (Å²) >= 11 is 8.71. The van der Waals surface area contributed by atoms with Crippen molar-refractivity contribution < 1.29 is 23.8 Å². The second-order valence-corrected chi connectivity index (χ2v) is 17.2. The Morgan fingerprint density at radius 2 is 1.75 bits per heavy atom. The third-order valence-electron chi connectivity index (χ3n) is 8.23. The highest BCUT2D eigenvalue weighted by atomic mass is 79.9. The number of nitrogens with one attached hydrogen (secondary N) is 1. The number of aromatic nitrogens is 1. The van der Waals surface area contributed by atoms with Crippen molar-refractivity contribution in [2.45, 2.75) is 82.6 Å². The van der Waals surface area contributed by atoms with E-state index in [0.717, 1.165) is 42.8 Å². The lowest BCUT2D eigenvalue weighted by Gasteiger charge is -2.32. The van der Waals surface area contributed by atoms with Crippen LogP contribution >= 0.6 is 43.6 Å². The normalized spacial score (nSPS) is 15.3. The van der Waals surface area contributed by atoms with E-state index >= 15 is 0 Å². The van der Waals surface area contributed by atoms with Crippen LogP contribution in [0.4, 0.5) is 10.5 Å². The molecule has 1 aliphatic rings. The number of H-pyrrole nitrogens is 1. The third kappa shape index (κ3) is 8.61. The molecule has 1 aromatic heterocycles. The number of benzene rings is 3. The van der Waals surface area contributed by atoms with Gasteiger partial charge >= 0.3 is 12.1 Å². The van der Waals surface area contributed by atoms with Crippen LogP contribution in [0.25, 0.3) is 10.9 Å². The van der Waals surface area contributed by atoms with E-state index in [1.165, 1.54) is 0 Å². The van der Waals surface area contributed by atoms with Gasteiger partial charge in [-0.25, -0.2) is 4.79 Å². The van der Waals surface area contributed by atoms with Crippen LogP contribution in [0, 0.1) is 5.41 Å². The van der Waals surface area contributed by atoms with Crippen molar-refractivity contribution in [3.63, 3.8) is 0 Å². The summed E-state index contributed by atoms with van der Waals surface area (Å²) < 4.78 is 18.9. The second-order valence-electron chi connectivity index (χ2n) is 13.7. The van der Waals surface area contributed by atoms with Gasteiger partial charge in [-0.1, -0.05) is 83.0 Å². The van der Waals surface area contributed by atoms with Gasteiger partial charge in [-0.15, -0.1) is 11.8 Å². The van der Waals surface area contributed by atoms with Gasteiger partial charge in [0.25, 0.3) is 0 Å². The number of hydrogen-bond donors (Lipinski definition) is 1. The summed E-state index contributed by atoms with van der Waals surface area (Å²) in [6.07, 6.45) is 0.973. The van der Waals surface area contributed by atoms with Crippen LogP contribution in [0.2, 0.25) is 0 Å². The molecule has 10 heteroatoms. The van der Waals surface area contributed by atoms with Gasteiger partial charge in [0.2, 0.25) is 0 Å². The Kier molecular flexibility index (Phi) is 11.6. The number of thioether (sulfide) groups is 1. The van der Waals surface area contributed by atoms with Gasteiger partial charge in [0.1, 0.15) is 18.5 Å². The van der Waals surface area contributed by atoms with Gasteiger partial charge in [-0.05, 0) is 74.7 Å². The van der Waals surface area contributed by atoms with Gasteiger partial charge in [0.05, 0.1) is 23.8 Å². The molecule has 2 unspecified atom stereocenters. The SMILES string of the molecule is CCOC(=O)C(C)(C)Cc1[nH]c2ccc(OC(Cc3ccc(Br)cc3)C3Cc4ccccc4N3C(=O)OCCBr)cc2c1SC(C)(C)C. The number of rotatable bonds is 12. The first-order valence-corrected chi connectivity index (χ1v) is 19.0. The molecule has 0 saturated heterocycles. The number of esters is 1. The Balaban J connectivity index is 1.55. The van der Waals surface area contributed by atoms with Crippen molar-refractivity contribution in [2.75, 3.05) is 23.4 Å². The quantitative estimate of drug-likeness (QED) is 0.0874. The van der Waals surface area contributed by atoms with Crippen LogP contribution in [0.5, 0.6) is 5.75 Å². The fraction of sp³-hybridized carbons (Fsp3) is 0.421. The Bertz CT molecular complexity index is 1750. The van der Waals surface area contributed by atoms with Crippen molar-refractivity contribution >= 4 is 72.3 Å². The number of hydrogen-bond acceptors (Lipinski definition) is 6. The molecule has 1 N–H and O–H groups in total. The number of nitrogens with zero attached hydrogens (tertiary/aromatic N) is 1. The molecule has 0 fully saturated rings. The van der Waals surface area contributed by atoms with Gasteiger partial charge in [-0.3, -0.25) is 9.69 Å². The third-order valence-corrected chi connectivity index (χ3v) is 10.4. The average Bonchev–Trinajstić information content (AvgIpc) is 3.57. The highest BCUT2D eigenvalue weighted by Crippen LogP contribution is 2.43. The predicted molar refractivity (Wildman–Crippen MR) is 202 cm³/mol. The lowest BCUT2D eigenvalue weighted by atomic mass is 9.88. The minimum Gasteiger partial charge on any atom is -0.488 e. The van der Waals surface area contributed by atoms with E-state index in [1.807, 2.05) is 63.2 Å². The van der Waals surface area contributed by atoms with Gasteiger partial charge in [-0.2, -0.15) is 0 Å². The van der Waals surface area contributed by atoms with E-state index in [9.17, 15) is 9.59 Å². The molecule has 0 radical (unpaired) electrons. The first-order valence-electron chi connectivity index (χ1n) is 16.3. The summed E-state index contributed by atoms with van der Waals surface area (Å²) in [6.45, 7) is 12.9. The van der Waals surface area contributed by atoms with Crippen LogP contribution in [0.15, 0.2) is 76.1 Å². The number of aromatic amines is 1. The van der Waals surface area contributed by atoms with Crippen molar-refractivity contribution in [3.05, 3.63) is 88.0 Å². The zero-order valence-electron chi connectivity index (χ0n) is 28.4. The van der Waals surface area contributed by atoms with Gasteiger partial charge < -0.3 is 19.2 Å². The van der Waals surface area contributed by atoms with Crippen LogP contribution in [-0.4, -0.2) is 52.5 Å². The number of alkyl halides is 1. The molecule has 4 aromatic rings. The molecule has 1 amide bonds. The lowest BCUT2D eigenvalue weighted by Crippen LogP contribution is -2.48. The summed E-state index contributed by atoms with van der Waals surface area (Å²) in [4.78, 5) is 32.9. The van der Waals surface area contributed by atoms with Crippen LogP contribution in [0.1, 0.15) is 58.4 Å². The number of carbonyl (C=O) groups excluding carboxylic acids is 2. The molecule has 0 aliphatic carbocycles. The molecule has 5 rings (SSSR count). The minimum absolute atomic E-state index is 0.0788. The molecule has 256 valence electrons. The fourth-order valence-corrected chi connectivity index (χ4v) is 7.65. The van der Waals surface area contributed by atoms with E-state index in [4.69, 9.17) is 14.2 Å². The van der Waals surface area contributed by atoms with Crippen LogP contribution in [0.3, 0.4) is 0 Å². The van der Waals surface area contributed by atoms with E-state index in [-0.39, 0.29) is 35.6 Å². The van der Waals surface area contributed by atoms with Crippen LogP contribution in [-0.2, 0) is 33.5 Å². The maximum absolute atomic E-state index is 13.6. The van der Waals surface area contributed by atoms with Crippen molar-refractivity contribution in [1.82, 2.24) is 4.98 Å². The van der Waals surface area contributed by atoms with E-state index in [1.54, 1.807) is 16.7 Å². The summed E-state index contributed by atoms with van der Waals surface area (Å²) in [5, 5.41) is 1.59. The first kappa shape index (κ1) is 36.3. The number of amides is 1. The topological polar surface area (TPSA) is 80.9 Å².